The number of sulfonamides is 1. The zero-order chi connectivity index (χ0) is 17.3. The zero-order valence-corrected chi connectivity index (χ0v) is 15.0. The molecule has 1 aliphatic rings. The Labute approximate surface area is 145 Å². The number of aryl methyl sites for hydroxylation is 1. The topological polar surface area (TPSA) is 75.3 Å². The maximum Gasteiger partial charge on any atom is 0.261 e. The van der Waals surface area contributed by atoms with Gasteiger partial charge in [0.2, 0.25) is 5.91 Å². The van der Waals surface area contributed by atoms with Crippen molar-refractivity contribution < 1.29 is 13.2 Å². The van der Waals surface area contributed by atoms with Crippen molar-refractivity contribution in [2.45, 2.75) is 23.6 Å². The Balaban J connectivity index is 1.92. The van der Waals surface area contributed by atoms with Gasteiger partial charge >= 0.3 is 0 Å². The molecule has 0 bridgehead atoms. The lowest BCUT2D eigenvalue weighted by atomic mass is 10.2. The van der Waals surface area contributed by atoms with Crippen molar-refractivity contribution in [2.24, 2.45) is 5.92 Å². The molecule has 0 fully saturated rings. The monoisotopic (exact) mass is 362 g/mol. The third-order valence-corrected chi connectivity index (χ3v) is 6.44. The first-order chi connectivity index (χ1) is 11.3. The van der Waals surface area contributed by atoms with E-state index in [1.807, 2.05) is 19.9 Å². The molecule has 0 unspecified atom stereocenters. The van der Waals surface area contributed by atoms with Gasteiger partial charge in [0.05, 0.1) is 10.6 Å². The smallest absolute Gasteiger partial charge is 0.261 e. The molecule has 0 spiro atoms. The molecule has 1 amide bonds. The average Bonchev–Trinajstić information content (AvgIpc) is 2.66. The molecule has 126 valence electrons. The number of carbonyl (C=O) groups is 1. The molecule has 2 aromatic rings. The summed E-state index contributed by atoms with van der Waals surface area (Å²) in [5.74, 6) is 0.460. The molecular formula is C17H18N2O3S2. The Morgan fingerprint density at radius 3 is 2.75 bits per heavy atom. The van der Waals surface area contributed by atoms with E-state index in [1.165, 1.54) is 6.07 Å². The van der Waals surface area contributed by atoms with Gasteiger partial charge in [-0.25, -0.2) is 8.42 Å². The fourth-order valence-electron chi connectivity index (χ4n) is 2.37. The molecule has 0 aromatic heterocycles. The lowest BCUT2D eigenvalue weighted by molar-refractivity contribution is -0.118. The van der Waals surface area contributed by atoms with Crippen LogP contribution in [0.3, 0.4) is 0 Å². The summed E-state index contributed by atoms with van der Waals surface area (Å²) < 4.78 is 27.8. The van der Waals surface area contributed by atoms with E-state index < -0.39 is 10.0 Å². The number of benzene rings is 2. The molecular weight excluding hydrogens is 344 g/mol. The van der Waals surface area contributed by atoms with Gasteiger partial charge in [-0.1, -0.05) is 19.1 Å². The lowest BCUT2D eigenvalue weighted by Gasteiger charge is -2.12. The third kappa shape index (κ3) is 3.57. The van der Waals surface area contributed by atoms with Crippen LogP contribution in [0.25, 0.3) is 0 Å². The molecule has 1 heterocycles. The van der Waals surface area contributed by atoms with Crippen molar-refractivity contribution in [1.29, 1.82) is 0 Å². The summed E-state index contributed by atoms with van der Waals surface area (Å²) in [4.78, 5) is 13.0. The van der Waals surface area contributed by atoms with Gasteiger partial charge in [0, 0.05) is 22.3 Å². The summed E-state index contributed by atoms with van der Waals surface area (Å²) >= 11 is 1.55. The second-order valence-electron chi connectivity index (χ2n) is 5.83. The van der Waals surface area contributed by atoms with E-state index >= 15 is 0 Å². The molecule has 1 atom stereocenters. The van der Waals surface area contributed by atoms with Crippen molar-refractivity contribution in [3.8, 4) is 0 Å². The molecule has 0 saturated heterocycles. The summed E-state index contributed by atoms with van der Waals surface area (Å²) in [6.07, 6.45) is 0. The summed E-state index contributed by atoms with van der Waals surface area (Å²) in [6.45, 7) is 3.75. The number of thioether (sulfide) groups is 1. The second-order valence-corrected chi connectivity index (χ2v) is 8.58. The van der Waals surface area contributed by atoms with Crippen molar-refractivity contribution in [3.63, 3.8) is 0 Å². The van der Waals surface area contributed by atoms with Crippen LogP contribution >= 0.6 is 11.8 Å². The Hall–Kier alpha value is -1.99. The number of fused-ring (bicyclic) bond motifs is 1. The van der Waals surface area contributed by atoms with Crippen LogP contribution in [0.4, 0.5) is 11.4 Å². The predicted octanol–water partition coefficient (Wildman–Crippen LogP) is 3.48. The molecule has 24 heavy (non-hydrogen) atoms. The second kappa shape index (κ2) is 6.49. The normalized spacial score (nSPS) is 17.6. The fourth-order valence-corrected chi connectivity index (χ4v) is 4.45. The number of nitrogens with one attached hydrogen (secondary N) is 2. The minimum atomic E-state index is -3.72. The van der Waals surface area contributed by atoms with Gasteiger partial charge in [-0.05, 0) is 42.8 Å². The Morgan fingerprint density at radius 2 is 2.00 bits per heavy atom. The first-order valence-corrected chi connectivity index (χ1v) is 9.99. The highest BCUT2D eigenvalue weighted by Gasteiger charge is 2.23. The summed E-state index contributed by atoms with van der Waals surface area (Å²) in [5.41, 5.74) is 2.02. The van der Waals surface area contributed by atoms with Gasteiger partial charge in [0.15, 0.2) is 0 Å². The van der Waals surface area contributed by atoms with Crippen LogP contribution in [0.15, 0.2) is 52.3 Å². The van der Waals surface area contributed by atoms with Crippen molar-refractivity contribution in [1.82, 2.24) is 0 Å². The molecule has 3 rings (SSSR count). The molecule has 0 saturated carbocycles. The number of amides is 1. The molecule has 2 N–H and O–H groups in total. The molecule has 1 aliphatic heterocycles. The summed E-state index contributed by atoms with van der Waals surface area (Å²) in [6, 6.07) is 12.0. The number of anilines is 2. The van der Waals surface area contributed by atoms with Gasteiger partial charge in [-0.3, -0.25) is 9.52 Å². The standard InChI is InChI=1S/C17H18N2O3S2/c1-11-4-3-5-13(8-11)19-24(21,22)14-6-7-16-15(9-14)18-17(20)12(2)10-23-16/h3-9,12,19H,10H2,1-2H3,(H,18,20)/t12-/m0/s1. The molecule has 0 aliphatic carbocycles. The number of carbonyl (C=O) groups excluding carboxylic acids is 1. The quantitative estimate of drug-likeness (QED) is 0.877. The summed E-state index contributed by atoms with van der Waals surface area (Å²) in [7, 11) is -3.72. The van der Waals surface area contributed by atoms with E-state index in [0.29, 0.717) is 17.1 Å². The Bertz CT molecular complexity index is 894. The average molecular weight is 362 g/mol. The van der Waals surface area contributed by atoms with Crippen LogP contribution in [0.5, 0.6) is 0 Å². The van der Waals surface area contributed by atoms with Gasteiger partial charge in [0.25, 0.3) is 10.0 Å². The van der Waals surface area contributed by atoms with Crippen LogP contribution in [-0.2, 0) is 14.8 Å². The van der Waals surface area contributed by atoms with Gasteiger partial charge in [0.1, 0.15) is 0 Å². The van der Waals surface area contributed by atoms with E-state index in [9.17, 15) is 13.2 Å². The zero-order valence-electron chi connectivity index (χ0n) is 13.4. The summed E-state index contributed by atoms with van der Waals surface area (Å²) in [5, 5.41) is 2.81. The van der Waals surface area contributed by atoms with Crippen LogP contribution in [-0.4, -0.2) is 20.1 Å². The van der Waals surface area contributed by atoms with E-state index in [2.05, 4.69) is 10.0 Å². The minimum Gasteiger partial charge on any atom is -0.325 e. The fraction of sp³-hybridized carbons (Fsp3) is 0.235. The SMILES string of the molecule is Cc1cccc(NS(=O)(=O)c2ccc3c(c2)NC(=O)[C@@H](C)CS3)c1. The van der Waals surface area contributed by atoms with E-state index in [-0.39, 0.29) is 16.7 Å². The maximum absolute atomic E-state index is 12.6. The lowest BCUT2D eigenvalue weighted by Crippen LogP contribution is -2.20. The number of rotatable bonds is 3. The predicted molar refractivity (Wildman–Crippen MR) is 96.9 cm³/mol. The molecule has 5 nitrogen and oxygen atoms in total. The van der Waals surface area contributed by atoms with Gasteiger partial charge in [-0.15, -0.1) is 11.8 Å². The Morgan fingerprint density at radius 1 is 1.21 bits per heavy atom. The van der Waals surface area contributed by atoms with Gasteiger partial charge < -0.3 is 5.32 Å². The molecule has 2 aromatic carbocycles. The van der Waals surface area contributed by atoms with Gasteiger partial charge in [-0.2, -0.15) is 0 Å². The van der Waals surface area contributed by atoms with Crippen molar-refractivity contribution >= 4 is 39.1 Å². The third-order valence-electron chi connectivity index (χ3n) is 3.73. The van der Waals surface area contributed by atoms with E-state index in [1.54, 1.807) is 42.1 Å². The largest absolute Gasteiger partial charge is 0.325 e. The van der Waals surface area contributed by atoms with Crippen molar-refractivity contribution in [2.75, 3.05) is 15.8 Å². The number of hydrogen-bond acceptors (Lipinski definition) is 4. The van der Waals surface area contributed by atoms with Crippen LogP contribution in [0, 0.1) is 12.8 Å². The molecule has 7 heteroatoms. The van der Waals surface area contributed by atoms with Crippen LogP contribution < -0.4 is 10.0 Å². The minimum absolute atomic E-state index is 0.0950. The Kier molecular flexibility index (Phi) is 4.56. The van der Waals surface area contributed by atoms with E-state index in [4.69, 9.17) is 0 Å². The number of hydrogen-bond donors (Lipinski definition) is 2. The highest BCUT2D eigenvalue weighted by Crippen LogP contribution is 2.34. The molecule has 0 radical (unpaired) electrons. The van der Waals surface area contributed by atoms with Crippen LogP contribution in [0.2, 0.25) is 0 Å². The van der Waals surface area contributed by atoms with Crippen LogP contribution in [0.1, 0.15) is 12.5 Å². The highest BCUT2D eigenvalue weighted by atomic mass is 32.2. The van der Waals surface area contributed by atoms with E-state index in [0.717, 1.165) is 10.5 Å². The first kappa shape index (κ1) is 16.9. The first-order valence-electron chi connectivity index (χ1n) is 7.52. The van der Waals surface area contributed by atoms with Crippen molar-refractivity contribution in [3.05, 3.63) is 48.0 Å². The maximum atomic E-state index is 12.6. The highest BCUT2D eigenvalue weighted by molar-refractivity contribution is 7.99.